The molecule has 0 saturated heterocycles. The average molecular weight is 348 g/mol. The van der Waals surface area contributed by atoms with Gasteiger partial charge in [0.1, 0.15) is 0 Å². The summed E-state index contributed by atoms with van der Waals surface area (Å²) in [5.41, 5.74) is 4.64. The van der Waals surface area contributed by atoms with Crippen LogP contribution in [0.4, 0.5) is 0 Å². The van der Waals surface area contributed by atoms with Crippen LogP contribution < -0.4 is 5.32 Å². The number of halogens is 1. The Balaban J connectivity index is 2.32. The summed E-state index contributed by atoms with van der Waals surface area (Å²) in [6.07, 6.45) is 1.86. The zero-order chi connectivity index (χ0) is 15.2. The van der Waals surface area contributed by atoms with Gasteiger partial charge in [-0.15, -0.1) is 0 Å². The van der Waals surface area contributed by atoms with Gasteiger partial charge in [-0.2, -0.15) is 10.2 Å². The van der Waals surface area contributed by atoms with Gasteiger partial charge in [0.25, 0.3) is 0 Å². The van der Waals surface area contributed by atoms with Crippen LogP contribution in [0.5, 0.6) is 0 Å². The fourth-order valence-corrected chi connectivity index (χ4v) is 3.00. The third kappa shape index (κ3) is 4.35. The zero-order valence-corrected chi connectivity index (χ0v) is 14.4. The zero-order valence-electron chi connectivity index (χ0n) is 12.9. The van der Waals surface area contributed by atoms with E-state index < -0.39 is 0 Å². The molecule has 1 aromatic heterocycles. The number of benzene rings is 1. The molecule has 21 heavy (non-hydrogen) atoms. The Labute approximate surface area is 135 Å². The summed E-state index contributed by atoms with van der Waals surface area (Å²) in [6.45, 7) is 7.20. The summed E-state index contributed by atoms with van der Waals surface area (Å²) in [7, 11) is 0. The SMILES string of the molecule is CCNC(Cc1cccc(Br)c1)c1cc(C)nnc1CC. The Morgan fingerprint density at radius 3 is 2.67 bits per heavy atom. The first kappa shape index (κ1) is 16.1. The van der Waals surface area contributed by atoms with Crippen LogP contribution >= 0.6 is 15.9 Å². The lowest BCUT2D eigenvalue weighted by Gasteiger charge is -2.21. The molecule has 1 atom stereocenters. The van der Waals surface area contributed by atoms with E-state index in [1.165, 1.54) is 11.1 Å². The molecule has 2 aromatic rings. The van der Waals surface area contributed by atoms with Crippen LogP contribution in [0.3, 0.4) is 0 Å². The number of nitrogens with zero attached hydrogens (tertiary/aromatic N) is 2. The van der Waals surface area contributed by atoms with E-state index in [1.54, 1.807) is 0 Å². The van der Waals surface area contributed by atoms with Crippen molar-refractivity contribution in [3.63, 3.8) is 0 Å². The summed E-state index contributed by atoms with van der Waals surface area (Å²) in [5.74, 6) is 0. The first-order chi connectivity index (χ1) is 10.1. The molecule has 1 N–H and O–H groups in total. The fourth-order valence-electron chi connectivity index (χ4n) is 2.55. The molecule has 1 aromatic carbocycles. The highest BCUT2D eigenvalue weighted by atomic mass is 79.9. The van der Waals surface area contributed by atoms with Crippen molar-refractivity contribution < 1.29 is 0 Å². The third-order valence-corrected chi connectivity index (χ3v) is 4.01. The maximum absolute atomic E-state index is 4.36. The van der Waals surface area contributed by atoms with Crippen LogP contribution in [0.2, 0.25) is 0 Å². The number of hydrogen-bond acceptors (Lipinski definition) is 3. The minimum Gasteiger partial charge on any atom is -0.310 e. The van der Waals surface area contributed by atoms with E-state index in [0.717, 1.165) is 35.2 Å². The summed E-state index contributed by atoms with van der Waals surface area (Å²) in [4.78, 5) is 0. The maximum Gasteiger partial charge on any atom is 0.0676 e. The van der Waals surface area contributed by atoms with Crippen molar-refractivity contribution in [1.29, 1.82) is 0 Å². The molecule has 0 fully saturated rings. The molecule has 0 bridgehead atoms. The molecule has 0 spiro atoms. The van der Waals surface area contributed by atoms with E-state index in [0.29, 0.717) is 0 Å². The topological polar surface area (TPSA) is 37.8 Å². The molecule has 0 saturated carbocycles. The molecule has 0 aliphatic rings. The predicted molar refractivity (Wildman–Crippen MR) is 90.4 cm³/mol. The van der Waals surface area contributed by atoms with Gasteiger partial charge in [0.15, 0.2) is 0 Å². The maximum atomic E-state index is 4.36. The highest BCUT2D eigenvalue weighted by Gasteiger charge is 2.16. The largest absolute Gasteiger partial charge is 0.310 e. The van der Waals surface area contributed by atoms with Crippen molar-refractivity contribution >= 4 is 15.9 Å². The Hall–Kier alpha value is -1.26. The van der Waals surface area contributed by atoms with Crippen molar-refractivity contribution in [3.8, 4) is 0 Å². The van der Waals surface area contributed by atoms with Gasteiger partial charge in [0.2, 0.25) is 0 Å². The molecule has 112 valence electrons. The van der Waals surface area contributed by atoms with Crippen LogP contribution in [0.25, 0.3) is 0 Å². The van der Waals surface area contributed by atoms with Gasteiger partial charge in [-0.3, -0.25) is 0 Å². The van der Waals surface area contributed by atoms with E-state index in [1.807, 2.05) is 6.92 Å². The highest BCUT2D eigenvalue weighted by molar-refractivity contribution is 9.10. The van der Waals surface area contributed by atoms with Crippen molar-refractivity contribution in [2.24, 2.45) is 0 Å². The Bertz CT molecular complexity index is 598. The molecule has 0 amide bonds. The molecular weight excluding hydrogens is 326 g/mol. The number of nitrogens with one attached hydrogen (secondary N) is 1. The fraction of sp³-hybridized carbons (Fsp3) is 0.412. The van der Waals surface area contributed by atoms with Gasteiger partial charge >= 0.3 is 0 Å². The van der Waals surface area contributed by atoms with Crippen molar-refractivity contribution in [2.75, 3.05) is 6.54 Å². The lowest BCUT2D eigenvalue weighted by molar-refractivity contribution is 0.540. The number of rotatable bonds is 6. The van der Waals surface area contributed by atoms with Gasteiger partial charge in [-0.1, -0.05) is 41.9 Å². The monoisotopic (exact) mass is 347 g/mol. The minimum atomic E-state index is 0.272. The third-order valence-electron chi connectivity index (χ3n) is 3.52. The van der Waals surface area contributed by atoms with E-state index in [4.69, 9.17) is 0 Å². The molecule has 2 rings (SSSR count). The van der Waals surface area contributed by atoms with Gasteiger partial charge in [0, 0.05) is 10.5 Å². The summed E-state index contributed by atoms with van der Waals surface area (Å²) >= 11 is 3.54. The predicted octanol–water partition coefficient (Wildman–Crippen LogP) is 4.00. The van der Waals surface area contributed by atoms with Gasteiger partial charge in [-0.05, 0) is 55.6 Å². The molecule has 0 radical (unpaired) electrons. The smallest absolute Gasteiger partial charge is 0.0676 e. The molecule has 0 aliphatic carbocycles. The van der Waals surface area contributed by atoms with E-state index in [9.17, 15) is 0 Å². The minimum absolute atomic E-state index is 0.272. The van der Waals surface area contributed by atoms with Crippen LogP contribution in [0.15, 0.2) is 34.8 Å². The average Bonchev–Trinajstić information content (AvgIpc) is 2.47. The molecule has 1 heterocycles. The number of hydrogen-bond donors (Lipinski definition) is 1. The second-order valence-corrected chi connectivity index (χ2v) is 6.10. The summed E-state index contributed by atoms with van der Waals surface area (Å²) in [6, 6.07) is 10.9. The summed E-state index contributed by atoms with van der Waals surface area (Å²) in [5, 5.41) is 12.1. The second-order valence-electron chi connectivity index (χ2n) is 5.19. The lowest BCUT2D eigenvalue weighted by Crippen LogP contribution is -2.25. The van der Waals surface area contributed by atoms with Gasteiger partial charge < -0.3 is 5.32 Å². The molecule has 3 nitrogen and oxygen atoms in total. The van der Waals surface area contributed by atoms with Crippen LogP contribution in [-0.2, 0) is 12.8 Å². The second kappa shape index (κ2) is 7.66. The number of likely N-dealkylation sites (N-methyl/N-ethyl adjacent to an activating group) is 1. The Morgan fingerprint density at radius 2 is 2.00 bits per heavy atom. The normalized spacial score (nSPS) is 12.4. The van der Waals surface area contributed by atoms with Crippen LogP contribution in [-0.4, -0.2) is 16.7 Å². The quantitative estimate of drug-likeness (QED) is 0.857. The molecule has 0 aliphatic heterocycles. The van der Waals surface area contributed by atoms with Crippen molar-refractivity contribution in [2.45, 2.75) is 39.7 Å². The van der Waals surface area contributed by atoms with Gasteiger partial charge in [0.05, 0.1) is 11.4 Å². The first-order valence-electron chi connectivity index (χ1n) is 7.45. The van der Waals surface area contributed by atoms with E-state index >= 15 is 0 Å². The van der Waals surface area contributed by atoms with E-state index in [-0.39, 0.29) is 6.04 Å². The standard InChI is InChI=1S/C17H22BrN3/c1-4-16-15(9-12(3)20-21-16)17(19-5-2)11-13-7-6-8-14(18)10-13/h6-10,17,19H,4-5,11H2,1-3H3. The Kier molecular flexibility index (Phi) is 5.88. The summed E-state index contributed by atoms with van der Waals surface area (Å²) < 4.78 is 1.12. The highest BCUT2D eigenvalue weighted by Crippen LogP contribution is 2.23. The number of aryl methyl sites for hydroxylation is 2. The first-order valence-corrected chi connectivity index (χ1v) is 8.24. The van der Waals surface area contributed by atoms with E-state index in [2.05, 4.69) is 75.6 Å². The van der Waals surface area contributed by atoms with Crippen molar-refractivity contribution in [3.05, 3.63) is 57.3 Å². The number of aromatic nitrogens is 2. The van der Waals surface area contributed by atoms with Crippen LogP contribution in [0, 0.1) is 6.92 Å². The molecule has 4 heteroatoms. The van der Waals surface area contributed by atoms with Crippen molar-refractivity contribution in [1.82, 2.24) is 15.5 Å². The molecule has 1 unspecified atom stereocenters. The lowest BCUT2D eigenvalue weighted by atomic mass is 9.96. The van der Waals surface area contributed by atoms with Crippen LogP contribution in [0.1, 0.15) is 42.4 Å². The molecular formula is C17H22BrN3. The van der Waals surface area contributed by atoms with Gasteiger partial charge in [-0.25, -0.2) is 0 Å². The Morgan fingerprint density at radius 1 is 1.19 bits per heavy atom.